The summed E-state index contributed by atoms with van der Waals surface area (Å²) < 4.78 is 10.2. The summed E-state index contributed by atoms with van der Waals surface area (Å²) in [4.78, 5) is 31.7. The fourth-order valence-corrected chi connectivity index (χ4v) is 4.28. The zero-order chi connectivity index (χ0) is 18.6. The van der Waals surface area contributed by atoms with Gasteiger partial charge >= 0.3 is 0 Å². The minimum absolute atomic E-state index is 0.0954. The van der Waals surface area contributed by atoms with Crippen LogP contribution in [0.25, 0.3) is 0 Å². The van der Waals surface area contributed by atoms with Crippen LogP contribution in [0.3, 0.4) is 0 Å². The molecule has 2 aliphatic rings. The highest BCUT2D eigenvalue weighted by molar-refractivity contribution is 5.77. The number of amides is 1. The van der Waals surface area contributed by atoms with Gasteiger partial charge in [0.25, 0.3) is 0 Å². The Kier molecular flexibility index (Phi) is 5.98. The van der Waals surface area contributed by atoms with Gasteiger partial charge in [0.05, 0.1) is 13.7 Å². The van der Waals surface area contributed by atoms with Crippen molar-refractivity contribution in [2.45, 2.75) is 32.2 Å². The van der Waals surface area contributed by atoms with E-state index in [-0.39, 0.29) is 16.8 Å². The number of rotatable bonds is 6. The van der Waals surface area contributed by atoms with Crippen LogP contribution < -0.4 is 10.2 Å². The van der Waals surface area contributed by atoms with Crippen LogP contribution in [0.5, 0.6) is 5.75 Å². The number of carbonyl (C=O) groups is 1. The highest BCUT2D eigenvalue weighted by atomic mass is 16.5. The quantitative estimate of drug-likeness (QED) is 0.823. The molecule has 1 unspecified atom stereocenters. The van der Waals surface area contributed by atoms with E-state index in [1.54, 1.807) is 19.4 Å². The maximum Gasteiger partial charge on any atom is 0.223 e. The van der Waals surface area contributed by atoms with Gasteiger partial charge in [-0.2, -0.15) is 0 Å². The number of likely N-dealkylation sites (tertiary alicyclic amines) is 2. The number of carbonyl (C=O) groups excluding carboxylic acids is 1. The number of methoxy groups -OCH3 is 2. The van der Waals surface area contributed by atoms with Crippen LogP contribution in [0.15, 0.2) is 17.1 Å². The van der Waals surface area contributed by atoms with Crippen molar-refractivity contribution in [2.75, 3.05) is 47.0 Å². The fourth-order valence-electron chi connectivity index (χ4n) is 4.28. The second-order valence-corrected chi connectivity index (χ2v) is 7.51. The lowest BCUT2D eigenvalue weighted by Gasteiger charge is -2.48. The molecule has 0 aliphatic carbocycles. The maximum absolute atomic E-state index is 12.2. The average molecular weight is 363 g/mol. The molecule has 0 bridgehead atoms. The normalized spacial score (nSPS) is 24.2. The van der Waals surface area contributed by atoms with E-state index in [0.717, 1.165) is 44.6 Å². The number of hydrogen-bond acceptors (Lipinski definition) is 5. The molecule has 7 heteroatoms. The van der Waals surface area contributed by atoms with Crippen molar-refractivity contribution in [2.24, 2.45) is 5.41 Å². The molecule has 0 aromatic carbocycles. The third kappa shape index (κ3) is 4.27. The van der Waals surface area contributed by atoms with E-state index >= 15 is 0 Å². The van der Waals surface area contributed by atoms with E-state index in [1.807, 2.05) is 4.90 Å². The molecule has 1 N–H and O–H groups in total. The Morgan fingerprint density at radius 2 is 2.08 bits per heavy atom. The number of aromatic nitrogens is 1. The molecule has 144 valence electrons. The first-order valence-electron chi connectivity index (χ1n) is 9.30. The Labute approximate surface area is 154 Å². The van der Waals surface area contributed by atoms with Crippen molar-refractivity contribution < 1.29 is 14.3 Å². The molecular formula is C19H29N3O4. The van der Waals surface area contributed by atoms with Crippen molar-refractivity contribution in [3.05, 3.63) is 28.2 Å². The van der Waals surface area contributed by atoms with Gasteiger partial charge in [0.1, 0.15) is 0 Å². The van der Waals surface area contributed by atoms with E-state index in [9.17, 15) is 9.59 Å². The number of hydrogen-bond donors (Lipinski definition) is 1. The smallest absolute Gasteiger partial charge is 0.223 e. The lowest BCUT2D eigenvalue weighted by Crippen LogP contribution is -2.54. The highest BCUT2D eigenvalue weighted by Gasteiger charge is 2.41. The summed E-state index contributed by atoms with van der Waals surface area (Å²) in [7, 11) is 3.17. The molecule has 1 aromatic heterocycles. The third-order valence-corrected chi connectivity index (χ3v) is 5.60. The first-order chi connectivity index (χ1) is 12.5. The number of aromatic amines is 1. The van der Waals surface area contributed by atoms with Gasteiger partial charge in [-0.1, -0.05) is 0 Å². The Balaban J connectivity index is 1.65. The van der Waals surface area contributed by atoms with Gasteiger partial charge in [-0.25, -0.2) is 0 Å². The van der Waals surface area contributed by atoms with Gasteiger partial charge in [-0.15, -0.1) is 0 Å². The summed E-state index contributed by atoms with van der Waals surface area (Å²) in [6, 6.07) is 1.62. The van der Waals surface area contributed by atoms with Crippen LogP contribution in [-0.4, -0.2) is 67.7 Å². The van der Waals surface area contributed by atoms with Crippen molar-refractivity contribution in [3.63, 3.8) is 0 Å². The van der Waals surface area contributed by atoms with Crippen LogP contribution >= 0.6 is 0 Å². The summed E-state index contributed by atoms with van der Waals surface area (Å²) in [5, 5.41) is 0. The number of nitrogens with one attached hydrogen (secondary N) is 1. The molecule has 0 saturated carbocycles. The largest absolute Gasteiger partial charge is 0.491 e. The summed E-state index contributed by atoms with van der Waals surface area (Å²) >= 11 is 0. The standard InChI is InChI=1S/C19H29N3O4/c1-25-9-8-22-14-19(6-4-18(22)24)5-3-7-21(13-19)12-15-10-16(23)17(26-2)11-20-15/h10-11H,3-9,12-14H2,1-2H3,(H,20,23). The summed E-state index contributed by atoms with van der Waals surface area (Å²) in [6.07, 6.45) is 5.47. The summed E-state index contributed by atoms with van der Waals surface area (Å²) in [6.45, 7) is 4.75. The first kappa shape index (κ1) is 18.9. The maximum atomic E-state index is 12.2. The molecule has 1 atom stereocenters. The van der Waals surface area contributed by atoms with Gasteiger partial charge in [0, 0.05) is 63.1 Å². The Morgan fingerprint density at radius 1 is 1.23 bits per heavy atom. The SMILES string of the molecule is COCCN1CC2(CCCN(Cc3cc(=O)c(OC)c[nH]3)C2)CCC1=O. The minimum Gasteiger partial charge on any atom is -0.491 e. The average Bonchev–Trinajstić information content (AvgIpc) is 2.63. The Hall–Kier alpha value is -1.86. The van der Waals surface area contributed by atoms with Gasteiger partial charge in [-0.05, 0) is 25.8 Å². The molecule has 2 saturated heterocycles. The monoisotopic (exact) mass is 363 g/mol. The zero-order valence-electron chi connectivity index (χ0n) is 15.8. The molecule has 3 heterocycles. The van der Waals surface area contributed by atoms with Gasteiger partial charge in [-0.3, -0.25) is 14.5 Å². The van der Waals surface area contributed by atoms with Crippen LogP contribution in [-0.2, 0) is 16.1 Å². The molecule has 7 nitrogen and oxygen atoms in total. The minimum atomic E-state index is -0.0954. The molecular weight excluding hydrogens is 334 g/mol. The predicted molar refractivity (Wildman–Crippen MR) is 98.2 cm³/mol. The number of nitrogens with zero attached hydrogens (tertiary/aromatic N) is 2. The summed E-state index contributed by atoms with van der Waals surface area (Å²) in [5.74, 6) is 0.577. The Bertz CT molecular complexity index is 690. The van der Waals surface area contributed by atoms with Crippen LogP contribution in [0, 0.1) is 5.41 Å². The van der Waals surface area contributed by atoms with E-state index < -0.39 is 0 Å². The zero-order valence-corrected chi connectivity index (χ0v) is 15.8. The van der Waals surface area contributed by atoms with E-state index in [1.165, 1.54) is 7.11 Å². The van der Waals surface area contributed by atoms with E-state index in [4.69, 9.17) is 9.47 Å². The third-order valence-electron chi connectivity index (χ3n) is 5.60. The van der Waals surface area contributed by atoms with Gasteiger partial charge < -0.3 is 19.4 Å². The van der Waals surface area contributed by atoms with Crippen molar-refractivity contribution in [1.82, 2.24) is 14.8 Å². The molecule has 3 rings (SSSR count). The number of H-pyrrole nitrogens is 1. The van der Waals surface area contributed by atoms with E-state index in [0.29, 0.717) is 31.9 Å². The highest BCUT2D eigenvalue weighted by Crippen LogP contribution is 2.39. The van der Waals surface area contributed by atoms with Crippen LogP contribution in [0.2, 0.25) is 0 Å². The number of piperidine rings is 2. The second kappa shape index (κ2) is 8.22. The van der Waals surface area contributed by atoms with Crippen LogP contribution in [0.4, 0.5) is 0 Å². The second-order valence-electron chi connectivity index (χ2n) is 7.51. The molecule has 26 heavy (non-hydrogen) atoms. The first-order valence-corrected chi connectivity index (χ1v) is 9.30. The van der Waals surface area contributed by atoms with Gasteiger partial charge in [0.15, 0.2) is 5.75 Å². The van der Waals surface area contributed by atoms with Crippen molar-refractivity contribution in [3.8, 4) is 5.75 Å². The van der Waals surface area contributed by atoms with Crippen molar-refractivity contribution >= 4 is 5.91 Å². The Morgan fingerprint density at radius 3 is 2.81 bits per heavy atom. The molecule has 2 fully saturated rings. The number of pyridine rings is 1. The lowest BCUT2D eigenvalue weighted by atomic mass is 9.73. The lowest BCUT2D eigenvalue weighted by molar-refractivity contribution is -0.140. The van der Waals surface area contributed by atoms with Gasteiger partial charge in [0.2, 0.25) is 11.3 Å². The molecule has 1 amide bonds. The molecule has 2 aliphatic heterocycles. The molecule has 0 radical (unpaired) electrons. The topological polar surface area (TPSA) is 74.9 Å². The fraction of sp³-hybridized carbons (Fsp3) is 0.684. The van der Waals surface area contributed by atoms with E-state index in [2.05, 4.69) is 9.88 Å². The van der Waals surface area contributed by atoms with Crippen molar-refractivity contribution in [1.29, 1.82) is 0 Å². The molecule has 1 aromatic rings. The number of ether oxygens (including phenoxy) is 2. The predicted octanol–water partition coefficient (Wildman–Crippen LogP) is 1.23. The summed E-state index contributed by atoms with van der Waals surface area (Å²) in [5.41, 5.74) is 0.963. The van der Waals surface area contributed by atoms with Crippen LogP contribution in [0.1, 0.15) is 31.4 Å². The molecule has 1 spiro atoms.